The van der Waals surface area contributed by atoms with Gasteiger partial charge in [-0.1, -0.05) is 18.2 Å². The van der Waals surface area contributed by atoms with Gasteiger partial charge >= 0.3 is 0 Å². The van der Waals surface area contributed by atoms with Gasteiger partial charge in [-0.2, -0.15) is 0 Å². The summed E-state index contributed by atoms with van der Waals surface area (Å²) in [5.41, 5.74) is 2.41. The zero-order valence-electron chi connectivity index (χ0n) is 9.31. The second-order valence-electron chi connectivity index (χ2n) is 3.65. The van der Waals surface area contributed by atoms with Crippen LogP contribution in [0.4, 0.5) is 11.5 Å². The van der Waals surface area contributed by atoms with Gasteiger partial charge in [0.15, 0.2) is 0 Å². The molecule has 0 bridgehead atoms. The summed E-state index contributed by atoms with van der Waals surface area (Å²) in [6.45, 7) is 2.10. The number of rotatable bonds is 2. The van der Waals surface area contributed by atoms with Crippen LogP contribution in [0, 0.1) is 6.92 Å². The summed E-state index contributed by atoms with van der Waals surface area (Å²) < 4.78 is 1.00. The lowest BCUT2D eigenvalue weighted by atomic mass is 10.2. The third kappa shape index (κ3) is 2.09. The number of pyridine rings is 1. The zero-order chi connectivity index (χ0) is 11.5. The van der Waals surface area contributed by atoms with Gasteiger partial charge in [0.05, 0.1) is 4.47 Å². The number of benzene rings is 1. The average Bonchev–Trinajstić information content (AvgIpc) is 2.29. The number of aromatic nitrogens is 1. The van der Waals surface area contributed by atoms with Crippen LogP contribution < -0.4 is 4.90 Å². The molecule has 3 heteroatoms. The van der Waals surface area contributed by atoms with E-state index in [0.29, 0.717) is 0 Å². The highest BCUT2D eigenvalue weighted by Crippen LogP contribution is 2.29. The summed E-state index contributed by atoms with van der Waals surface area (Å²) in [6.07, 6.45) is 1.80. The molecule has 0 N–H and O–H groups in total. The first-order valence-corrected chi connectivity index (χ1v) is 5.89. The molecule has 0 aliphatic carbocycles. The quantitative estimate of drug-likeness (QED) is 0.827. The first-order valence-electron chi connectivity index (χ1n) is 5.10. The molecule has 0 aliphatic heterocycles. The Balaban J connectivity index is 2.44. The van der Waals surface area contributed by atoms with E-state index in [0.717, 1.165) is 10.3 Å². The molecule has 1 heterocycles. The maximum Gasteiger partial charge on any atom is 0.147 e. The van der Waals surface area contributed by atoms with Crippen LogP contribution in [0.15, 0.2) is 47.1 Å². The van der Waals surface area contributed by atoms with E-state index in [4.69, 9.17) is 0 Å². The summed E-state index contributed by atoms with van der Waals surface area (Å²) in [7, 11) is 2.02. The van der Waals surface area contributed by atoms with E-state index in [2.05, 4.69) is 44.9 Å². The summed E-state index contributed by atoms with van der Waals surface area (Å²) in [4.78, 5) is 6.46. The first kappa shape index (κ1) is 11.1. The van der Waals surface area contributed by atoms with Crippen LogP contribution in [0.1, 0.15) is 5.56 Å². The van der Waals surface area contributed by atoms with Crippen molar-refractivity contribution in [2.75, 3.05) is 11.9 Å². The summed E-state index contributed by atoms with van der Waals surface area (Å²) in [5.74, 6) is 0.928. The van der Waals surface area contributed by atoms with Gasteiger partial charge in [0.2, 0.25) is 0 Å². The Morgan fingerprint density at radius 1 is 1.12 bits per heavy atom. The minimum Gasteiger partial charge on any atom is -0.328 e. The normalized spacial score (nSPS) is 10.2. The number of anilines is 2. The second kappa shape index (κ2) is 4.66. The Labute approximate surface area is 104 Å². The Bertz CT molecular complexity index is 451. The number of aryl methyl sites for hydroxylation is 1. The Morgan fingerprint density at radius 3 is 2.56 bits per heavy atom. The minimum absolute atomic E-state index is 0.928. The van der Waals surface area contributed by atoms with Crippen LogP contribution in [-0.2, 0) is 0 Å². The van der Waals surface area contributed by atoms with Gasteiger partial charge in [0.1, 0.15) is 5.82 Å². The van der Waals surface area contributed by atoms with Gasteiger partial charge in [-0.05, 0) is 46.6 Å². The smallest absolute Gasteiger partial charge is 0.147 e. The van der Waals surface area contributed by atoms with Gasteiger partial charge in [-0.25, -0.2) is 4.98 Å². The van der Waals surface area contributed by atoms with E-state index in [1.165, 1.54) is 11.3 Å². The minimum atomic E-state index is 0.928. The Morgan fingerprint density at radius 2 is 1.88 bits per heavy atom. The largest absolute Gasteiger partial charge is 0.328 e. The van der Waals surface area contributed by atoms with Crippen molar-refractivity contribution in [2.24, 2.45) is 0 Å². The maximum atomic E-state index is 4.37. The fourth-order valence-corrected chi connectivity index (χ4v) is 2.20. The lowest BCUT2D eigenvalue weighted by Crippen LogP contribution is -2.12. The molecule has 0 fully saturated rings. The Hall–Kier alpha value is -1.35. The van der Waals surface area contributed by atoms with Crippen LogP contribution in [0.25, 0.3) is 0 Å². The predicted octanol–water partition coefficient (Wildman–Crippen LogP) is 3.92. The van der Waals surface area contributed by atoms with Crippen LogP contribution in [-0.4, -0.2) is 12.0 Å². The zero-order valence-corrected chi connectivity index (χ0v) is 10.9. The molecule has 0 amide bonds. The number of hydrogen-bond donors (Lipinski definition) is 0. The Kier molecular flexibility index (Phi) is 3.25. The van der Waals surface area contributed by atoms with Crippen molar-refractivity contribution < 1.29 is 0 Å². The molecular weight excluding hydrogens is 264 g/mol. The van der Waals surface area contributed by atoms with E-state index in [1.54, 1.807) is 6.20 Å². The van der Waals surface area contributed by atoms with Gasteiger partial charge in [-0.3, -0.25) is 0 Å². The van der Waals surface area contributed by atoms with Crippen molar-refractivity contribution in [1.82, 2.24) is 4.98 Å². The van der Waals surface area contributed by atoms with E-state index < -0.39 is 0 Å². The highest BCUT2D eigenvalue weighted by Gasteiger charge is 2.09. The standard InChI is InChI=1S/C13H13BrN2/c1-10-6-3-4-8-12(10)16(2)13-11(14)7-5-9-15-13/h3-9H,1-2H3. The summed E-state index contributed by atoms with van der Waals surface area (Å²) in [6, 6.07) is 12.2. The van der Waals surface area contributed by atoms with Gasteiger partial charge in [0, 0.05) is 18.9 Å². The van der Waals surface area contributed by atoms with Crippen molar-refractivity contribution >= 4 is 27.4 Å². The first-order chi connectivity index (χ1) is 7.70. The van der Waals surface area contributed by atoms with Crippen LogP contribution in [0.5, 0.6) is 0 Å². The molecule has 1 aromatic carbocycles. The van der Waals surface area contributed by atoms with Crippen molar-refractivity contribution in [1.29, 1.82) is 0 Å². The van der Waals surface area contributed by atoms with Crippen molar-refractivity contribution in [2.45, 2.75) is 6.92 Å². The monoisotopic (exact) mass is 276 g/mol. The van der Waals surface area contributed by atoms with E-state index in [9.17, 15) is 0 Å². The van der Waals surface area contributed by atoms with E-state index in [-0.39, 0.29) is 0 Å². The highest BCUT2D eigenvalue weighted by atomic mass is 79.9. The van der Waals surface area contributed by atoms with Gasteiger partial charge in [0.25, 0.3) is 0 Å². The van der Waals surface area contributed by atoms with Gasteiger partial charge < -0.3 is 4.90 Å². The summed E-state index contributed by atoms with van der Waals surface area (Å²) >= 11 is 3.51. The third-order valence-electron chi connectivity index (χ3n) is 2.53. The topological polar surface area (TPSA) is 16.1 Å². The number of nitrogens with zero attached hydrogens (tertiary/aromatic N) is 2. The van der Waals surface area contributed by atoms with Crippen LogP contribution in [0.2, 0.25) is 0 Å². The molecule has 2 aromatic rings. The van der Waals surface area contributed by atoms with Crippen LogP contribution >= 0.6 is 15.9 Å². The molecule has 0 radical (unpaired) electrons. The second-order valence-corrected chi connectivity index (χ2v) is 4.51. The molecule has 0 atom stereocenters. The molecule has 2 rings (SSSR count). The SMILES string of the molecule is Cc1ccccc1N(C)c1ncccc1Br. The molecule has 1 aromatic heterocycles. The molecule has 82 valence electrons. The fourth-order valence-electron chi connectivity index (χ4n) is 1.68. The lowest BCUT2D eigenvalue weighted by molar-refractivity contribution is 1.10. The van der Waals surface area contributed by atoms with Crippen LogP contribution in [0.3, 0.4) is 0 Å². The molecule has 2 nitrogen and oxygen atoms in total. The molecule has 0 unspecified atom stereocenters. The number of para-hydroxylation sites is 1. The maximum absolute atomic E-state index is 4.37. The lowest BCUT2D eigenvalue weighted by Gasteiger charge is -2.21. The average molecular weight is 277 g/mol. The molecular formula is C13H13BrN2. The molecule has 0 spiro atoms. The predicted molar refractivity (Wildman–Crippen MR) is 71.2 cm³/mol. The molecule has 0 aliphatic rings. The number of hydrogen-bond acceptors (Lipinski definition) is 2. The third-order valence-corrected chi connectivity index (χ3v) is 3.15. The van der Waals surface area contributed by atoms with E-state index in [1.807, 2.05) is 31.3 Å². The van der Waals surface area contributed by atoms with Crippen molar-refractivity contribution in [3.05, 3.63) is 52.6 Å². The van der Waals surface area contributed by atoms with Crippen molar-refractivity contribution in [3.63, 3.8) is 0 Å². The summed E-state index contributed by atoms with van der Waals surface area (Å²) in [5, 5.41) is 0. The van der Waals surface area contributed by atoms with Crippen molar-refractivity contribution in [3.8, 4) is 0 Å². The highest BCUT2D eigenvalue weighted by molar-refractivity contribution is 9.10. The van der Waals surface area contributed by atoms with E-state index >= 15 is 0 Å². The molecule has 16 heavy (non-hydrogen) atoms. The molecule has 0 saturated carbocycles. The fraction of sp³-hybridized carbons (Fsp3) is 0.154. The number of halogens is 1. The molecule has 0 saturated heterocycles. The van der Waals surface area contributed by atoms with Gasteiger partial charge in [-0.15, -0.1) is 0 Å².